The fourth-order valence-corrected chi connectivity index (χ4v) is 2.62. The molecule has 0 fully saturated rings. The van der Waals surface area contributed by atoms with Crippen LogP contribution in [-0.4, -0.2) is 13.1 Å². The molecular weight excluding hydrogens is 317 g/mol. The van der Waals surface area contributed by atoms with Crippen LogP contribution in [0.25, 0.3) is 0 Å². The van der Waals surface area contributed by atoms with Crippen molar-refractivity contribution in [2.75, 3.05) is 7.05 Å². The minimum absolute atomic E-state index is 0.140. The summed E-state index contributed by atoms with van der Waals surface area (Å²) in [7, 11) is 1.94. The van der Waals surface area contributed by atoms with Gasteiger partial charge in [0.1, 0.15) is 5.82 Å². The summed E-state index contributed by atoms with van der Waals surface area (Å²) in [4.78, 5) is 0. The van der Waals surface area contributed by atoms with Gasteiger partial charge >= 0.3 is 0 Å². The molecule has 0 radical (unpaired) electrons. The van der Waals surface area contributed by atoms with Crippen molar-refractivity contribution in [1.82, 2.24) is 5.32 Å². The summed E-state index contributed by atoms with van der Waals surface area (Å²) in [6.07, 6.45) is 2.71. The van der Waals surface area contributed by atoms with Crippen LogP contribution < -0.4 is 5.32 Å². The van der Waals surface area contributed by atoms with E-state index in [0.29, 0.717) is 6.42 Å². The van der Waals surface area contributed by atoms with Crippen molar-refractivity contribution in [2.24, 2.45) is 0 Å². The minimum atomic E-state index is -0.140. The van der Waals surface area contributed by atoms with Crippen molar-refractivity contribution >= 4 is 15.9 Å². The highest BCUT2D eigenvalue weighted by atomic mass is 79.9. The van der Waals surface area contributed by atoms with Gasteiger partial charge in [-0.3, -0.25) is 0 Å². The Balaban J connectivity index is 1.95. The zero-order valence-electron chi connectivity index (χ0n) is 11.6. The van der Waals surface area contributed by atoms with Crippen LogP contribution in [0.2, 0.25) is 0 Å². The molecule has 0 heterocycles. The van der Waals surface area contributed by atoms with E-state index in [2.05, 4.69) is 45.5 Å². The van der Waals surface area contributed by atoms with Gasteiger partial charge in [0.25, 0.3) is 0 Å². The first-order valence-corrected chi connectivity index (χ1v) is 7.63. The Hall–Kier alpha value is -1.19. The highest BCUT2D eigenvalue weighted by molar-refractivity contribution is 9.10. The van der Waals surface area contributed by atoms with Gasteiger partial charge in [-0.2, -0.15) is 0 Å². The van der Waals surface area contributed by atoms with E-state index in [1.165, 1.54) is 11.6 Å². The summed E-state index contributed by atoms with van der Waals surface area (Å²) in [5.74, 6) is -0.140. The maximum absolute atomic E-state index is 13.9. The lowest BCUT2D eigenvalue weighted by Gasteiger charge is -2.17. The molecule has 0 aliphatic rings. The highest BCUT2D eigenvalue weighted by Crippen LogP contribution is 2.18. The van der Waals surface area contributed by atoms with Crippen LogP contribution in [0.1, 0.15) is 17.5 Å². The molecule has 0 saturated heterocycles. The van der Waals surface area contributed by atoms with E-state index in [9.17, 15) is 4.39 Å². The Morgan fingerprint density at radius 1 is 1.15 bits per heavy atom. The van der Waals surface area contributed by atoms with Crippen LogP contribution in [0.15, 0.2) is 53.0 Å². The third-order valence-corrected chi connectivity index (χ3v) is 4.01. The number of halogens is 2. The van der Waals surface area contributed by atoms with Gasteiger partial charge in [-0.25, -0.2) is 4.39 Å². The number of rotatable bonds is 6. The first-order chi connectivity index (χ1) is 9.69. The van der Waals surface area contributed by atoms with E-state index in [0.717, 1.165) is 22.9 Å². The van der Waals surface area contributed by atoms with E-state index in [4.69, 9.17) is 0 Å². The van der Waals surface area contributed by atoms with Crippen molar-refractivity contribution in [3.63, 3.8) is 0 Å². The first-order valence-electron chi connectivity index (χ1n) is 6.84. The van der Waals surface area contributed by atoms with Crippen LogP contribution in [0.4, 0.5) is 4.39 Å². The van der Waals surface area contributed by atoms with Crippen molar-refractivity contribution in [2.45, 2.75) is 25.3 Å². The quantitative estimate of drug-likeness (QED) is 0.827. The lowest BCUT2D eigenvalue weighted by atomic mass is 9.99. The van der Waals surface area contributed by atoms with Gasteiger partial charge < -0.3 is 5.32 Å². The first kappa shape index (κ1) is 15.2. The van der Waals surface area contributed by atoms with Crippen molar-refractivity contribution < 1.29 is 4.39 Å². The smallest absolute Gasteiger partial charge is 0.127 e. The topological polar surface area (TPSA) is 12.0 Å². The Morgan fingerprint density at radius 2 is 1.90 bits per heavy atom. The minimum Gasteiger partial charge on any atom is -0.317 e. The van der Waals surface area contributed by atoms with Crippen LogP contribution in [-0.2, 0) is 12.8 Å². The van der Waals surface area contributed by atoms with E-state index in [-0.39, 0.29) is 11.9 Å². The zero-order valence-corrected chi connectivity index (χ0v) is 13.2. The number of benzene rings is 2. The SMILES string of the molecule is CNC(CCc1ccccc1)Cc1ccc(Br)cc1F. The molecule has 1 N–H and O–H groups in total. The normalized spacial score (nSPS) is 12.3. The summed E-state index contributed by atoms with van der Waals surface area (Å²) >= 11 is 3.29. The number of hydrogen-bond acceptors (Lipinski definition) is 1. The van der Waals surface area contributed by atoms with Crippen LogP contribution in [0.3, 0.4) is 0 Å². The van der Waals surface area contributed by atoms with Crippen LogP contribution in [0, 0.1) is 5.82 Å². The summed E-state index contributed by atoms with van der Waals surface area (Å²) in [6, 6.07) is 16.0. The van der Waals surface area contributed by atoms with E-state index in [1.807, 2.05) is 25.2 Å². The van der Waals surface area contributed by atoms with Gasteiger partial charge in [-0.1, -0.05) is 52.3 Å². The van der Waals surface area contributed by atoms with Crippen molar-refractivity contribution in [3.8, 4) is 0 Å². The monoisotopic (exact) mass is 335 g/mol. The van der Waals surface area contributed by atoms with Gasteiger partial charge in [-0.05, 0) is 49.6 Å². The molecule has 2 rings (SSSR count). The number of aryl methyl sites for hydroxylation is 1. The predicted octanol–water partition coefficient (Wildman–Crippen LogP) is 4.35. The largest absolute Gasteiger partial charge is 0.317 e. The molecule has 2 aromatic rings. The second-order valence-corrected chi connectivity index (χ2v) is 5.87. The summed E-state index contributed by atoms with van der Waals surface area (Å²) in [5, 5.41) is 3.28. The molecule has 106 valence electrons. The van der Waals surface area contributed by atoms with E-state index in [1.54, 1.807) is 0 Å². The highest BCUT2D eigenvalue weighted by Gasteiger charge is 2.11. The second kappa shape index (κ2) is 7.55. The molecule has 1 unspecified atom stereocenters. The molecule has 0 aromatic heterocycles. The van der Waals surface area contributed by atoms with Gasteiger partial charge in [0, 0.05) is 10.5 Å². The number of nitrogens with one attached hydrogen (secondary N) is 1. The third kappa shape index (κ3) is 4.43. The molecule has 0 saturated carbocycles. The maximum Gasteiger partial charge on any atom is 0.127 e. The molecule has 3 heteroatoms. The third-order valence-electron chi connectivity index (χ3n) is 3.51. The molecule has 1 atom stereocenters. The fraction of sp³-hybridized carbons (Fsp3) is 0.294. The average Bonchev–Trinajstić information content (AvgIpc) is 2.46. The Bertz CT molecular complexity index is 542. The lowest BCUT2D eigenvalue weighted by Crippen LogP contribution is -2.28. The van der Waals surface area contributed by atoms with Crippen molar-refractivity contribution in [3.05, 3.63) is 69.9 Å². The van der Waals surface area contributed by atoms with Gasteiger partial charge in [0.2, 0.25) is 0 Å². The molecule has 0 bridgehead atoms. The maximum atomic E-state index is 13.9. The molecule has 2 aromatic carbocycles. The molecule has 1 nitrogen and oxygen atoms in total. The second-order valence-electron chi connectivity index (χ2n) is 4.95. The van der Waals surface area contributed by atoms with Crippen LogP contribution in [0.5, 0.6) is 0 Å². The molecule has 0 aliphatic heterocycles. The van der Waals surface area contributed by atoms with E-state index < -0.39 is 0 Å². The molecule has 0 spiro atoms. The molecule has 0 amide bonds. The summed E-state index contributed by atoms with van der Waals surface area (Å²) < 4.78 is 14.6. The Kier molecular flexibility index (Phi) is 5.74. The summed E-state index contributed by atoms with van der Waals surface area (Å²) in [5.41, 5.74) is 2.09. The van der Waals surface area contributed by atoms with Gasteiger partial charge in [0.15, 0.2) is 0 Å². The Morgan fingerprint density at radius 3 is 2.55 bits per heavy atom. The molecule has 0 aliphatic carbocycles. The predicted molar refractivity (Wildman–Crippen MR) is 85.4 cm³/mol. The fourth-order valence-electron chi connectivity index (χ4n) is 2.29. The molecule has 20 heavy (non-hydrogen) atoms. The van der Waals surface area contributed by atoms with Crippen molar-refractivity contribution in [1.29, 1.82) is 0 Å². The van der Waals surface area contributed by atoms with E-state index >= 15 is 0 Å². The Labute approximate surface area is 128 Å². The number of likely N-dealkylation sites (N-methyl/N-ethyl adjacent to an activating group) is 1. The standard InChI is InChI=1S/C17H19BrFN/c1-20-16(10-7-13-5-3-2-4-6-13)11-14-8-9-15(18)12-17(14)19/h2-6,8-9,12,16,20H,7,10-11H2,1H3. The summed E-state index contributed by atoms with van der Waals surface area (Å²) in [6.45, 7) is 0. The van der Waals surface area contributed by atoms with Crippen LogP contribution >= 0.6 is 15.9 Å². The van der Waals surface area contributed by atoms with Gasteiger partial charge in [0.05, 0.1) is 0 Å². The lowest BCUT2D eigenvalue weighted by molar-refractivity contribution is 0.504. The zero-order chi connectivity index (χ0) is 14.4. The molecular formula is C17H19BrFN. The number of hydrogen-bond donors (Lipinski definition) is 1. The average molecular weight is 336 g/mol. The van der Waals surface area contributed by atoms with Gasteiger partial charge in [-0.15, -0.1) is 0 Å².